The predicted molar refractivity (Wildman–Crippen MR) is 115 cm³/mol. The Morgan fingerprint density at radius 1 is 1.13 bits per heavy atom. The number of ether oxygens (including phenoxy) is 2. The number of carbonyl (C=O) groups is 2. The number of aliphatic hydroxyl groups excluding tert-OH is 1. The summed E-state index contributed by atoms with van der Waals surface area (Å²) in [6.45, 7) is 4.75. The molecule has 6 nitrogen and oxygen atoms in total. The van der Waals surface area contributed by atoms with Crippen molar-refractivity contribution >= 4 is 29.1 Å². The molecule has 0 saturated carbocycles. The van der Waals surface area contributed by atoms with Gasteiger partial charge in [0, 0.05) is 12.1 Å². The van der Waals surface area contributed by atoms with E-state index in [0.717, 1.165) is 0 Å². The van der Waals surface area contributed by atoms with E-state index in [-0.39, 0.29) is 11.3 Å². The Kier molecular flexibility index (Phi) is 6.67. The summed E-state index contributed by atoms with van der Waals surface area (Å²) in [5, 5.41) is 11.4. The molecule has 0 aliphatic carbocycles. The molecule has 0 aromatic heterocycles. The number of likely N-dealkylation sites (tertiary alicyclic amines) is 1. The Hall–Kier alpha value is -2.99. The molecule has 1 aliphatic rings. The molecule has 0 radical (unpaired) electrons. The summed E-state index contributed by atoms with van der Waals surface area (Å²) >= 11 is 6.08. The van der Waals surface area contributed by atoms with E-state index in [1.54, 1.807) is 42.5 Å². The maximum atomic E-state index is 12.9. The van der Waals surface area contributed by atoms with Crippen LogP contribution < -0.4 is 9.47 Å². The number of hydrogen-bond acceptors (Lipinski definition) is 5. The predicted octanol–water partition coefficient (Wildman–Crippen LogP) is 4.58. The molecule has 1 heterocycles. The van der Waals surface area contributed by atoms with Gasteiger partial charge < -0.3 is 19.5 Å². The molecule has 1 N–H and O–H groups in total. The molecule has 2 aromatic rings. The fraction of sp³-hybridized carbons (Fsp3) is 0.304. The highest BCUT2D eigenvalue weighted by Crippen LogP contribution is 2.40. The Balaban J connectivity index is 2.14. The van der Waals surface area contributed by atoms with Crippen LogP contribution in [0.3, 0.4) is 0 Å². The highest BCUT2D eigenvalue weighted by molar-refractivity contribution is 6.46. The van der Waals surface area contributed by atoms with Crippen LogP contribution in [-0.2, 0) is 9.59 Å². The van der Waals surface area contributed by atoms with Crippen molar-refractivity contribution in [2.24, 2.45) is 0 Å². The first kappa shape index (κ1) is 21.7. The third kappa shape index (κ3) is 4.00. The number of nitrogens with zero attached hydrogens (tertiary/aromatic N) is 1. The van der Waals surface area contributed by atoms with Gasteiger partial charge in [-0.05, 0) is 49.2 Å². The largest absolute Gasteiger partial charge is 0.507 e. The van der Waals surface area contributed by atoms with E-state index < -0.39 is 17.7 Å². The van der Waals surface area contributed by atoms with E-state index >= 15 is 0 Å². The third-order valence-corrected chi connectivity index (χ3v) is 5.25. The first-order valence-corrected chi connectivity index (χ1v) is 10.2. The highest BCUT2D eigenvalue weighted by Gasteiger charge is 2.45. The van der Waals surface area contributed by atoms with Crippen molar-refractivity contribution in [3.05, 3.63) is 64.2 Å². The molecule has 2 aromatic carbocycles. The number of benzene rings is 2. The van der Waals surface area contributed by atoms with Gasteiger partial charge in [0.1, 0.15) is 17.3 Å². The van der Waals surface area contributed by atoms with Crippen molar-refractivity contribution in [1.29, 1.82) is 0 Å². The van der Waals surface area contributed by atoms with Crippen LogP contribution in [0.1, 0.15) is 37.4 Å². The van der Waals surface area contributed by atoms with Crippen LogP contribution in [-0.4, -0.2) is 42.0 Å². The van der Waals surface area contributed by atoms with Gasteiger partial charge >= 0.3 is 0 Å². The topological polar surface area (TPSA) is 76.1 Å². The Bertz CT molecular complexity index is 984. The van der Waals surface area contributed by atoms with E-state index in [4.69, 9.17) is 21.1 Å². The zero-order chi connectivity index (χ0) is 21.8. The van der Waals surface area contributed by atoms with Gasteiger partial charge in [0.05, 0.1) is 30.4 Å². The summed E-state index contributed by atoms with van der Waals surface area (Å²) < 4.78 is 10.7. The van der Waals surface area contributed by atoms with Gasteiger partial charge in [-0.2, -0.15) is 0 Å². The molecule has 3 rings (SSSR count). The number of aliphatic hydroxyl groups is 1. The standard InChI is InChI=1S/C23H24ClNO5/c1-4-12-25-20(14-6-9-16(10-7-14)30-5-2)19(22(27)23(25)28)21(26)15-8-11-17(24)18(13-15)29-3/h6-11,13,20,26H,4-5,12H2,1-3H3/b21-19-. The second kappa shape index (κ2) is 9.22. The highest BCUT2D eigenvalue weighted by atomic mass is 35.5. The molecule has 1 saturated heterocycles. The van der Waals surface area contributed by atoms with Gasteiger partial charge in [0.25, 0.3) is 11.7 Å². The first-order valence-electron chi connectivity index (χ1n) is 9.78. The van der Waals surface area contributed by atoms with Gasteiger partial charge in [-0.15, -0.1) is 0 Å². The number of hydrogen-bond donors (Lipinski definition) is 1. The fourth-order valence-electron chi connectivity index (χ4n) is 3.57. The third-order valence-electron chi connectivity index (χ3n) is 4.94. The zero-order valence-electron chi connectivity index (χ0n) is 17.1. The summed E-state index contributed by atoms with van der Waals surface area (Å²) in [5.74, 6) is -0.551. The molecule has 0 spiro atoms. The van der Waals surface area contributed by atoms with Crippen molar-refractivity contribution in [2.75, 3.05) is 20.3 Å². The first-order chi connectivity index (χ1) is 14.4. The van der Waals surface area contributed by atoms with Gasteiger partial charge in [-0.3, -0.25) is 9.59 Å². The number of rotatable bonds is 7. The number of ketones is 1. The number of Topliss-reactive ketones (excluding diaryl/α,β-unsaturated/α-hetero) is 1. The lowest BCUT2D eigenvalue weighted by molar-refractivity contribution is -0.139. The summed E-state index contributed by atoms with van der Waals surface area (Å²) in [6, 6.07) is 11.2. The minimum atomic E-state index is -0.714. The molecule has 7 heteroatoms. The van der Waals surface area contributed by atoms with Crippen molar-refractivity contribution in [1.82, 2.24) is 4.90 Å². The van der Waals surface area contributed by atoms with Crippen LogP contribution in [0, 0.1) is 0 Å². The second-order valence-corrected chi connectivity index (χ2v) is 7.25. The van der Waals surface area contributed by atoms with Crippen LogP contribution in [0.2, 0.25) is 5.02 Å². The smallest absolute Gasteiger partial charge is 0.295 e. The van der Waals surface area contributed by atoms with Crippen molar-refractivity contribution in [3.8, 4) is 11.5 Å². The van der Waals surface area contributed by atoms with Crippen molar-refractivity contribution in [2.45, 2.75) is 26.3 Å². The van der Waals surface area contributed by atoms with Gasteiger partial charge in [-0.1, -0.05) is 30.7 Å². The normalized spacial score (nSPS) is 18.0. The maximum Gasteiger partial charge on any atom is 0.295 e. The number of halogens is 1. The molecular formula is C23H24ClNO5. The average molecular weight is 430 g/mol. The second-order valence-electron chi connectivity index (χ2n) is 6.84. The quantitative estimate of drug-likeness (QED) is 0.396. The lowest BCUT2D eigenvalue weighted by Gasteiger charge is -2.25. The molecule has 30 heavy (non-hydrogen) atoms. The van der Waals surface area contributed by atoms with E-state index in [9.17, 15) is 14.7 Å². The molecular weight excluding hydrogens is 406 g/mol. The number of methoxy groups -OCH3 is 1. The van der Waals surface area contributed by atoms with E-state index in [1.165, 1.54) is 12.0 Å². The van der Waals surface area contributed by atoms with Crippen LogP contribution in [0.15, 0.2) is 48.0 Å². The number of amides is 1. The monoisotopic (exact) mass is 429 g/mol. The van der Waals surface area contributed by atoms with E-state index in [1.807, 2.05) is 13.8 Å². The molecule has 1 fully saturated rings. The summed E-state index contributed by atoms with van der Waals surface area (Å²) in [5.41, 5.74) is 1.11. The van der Waals surface area contributed by atoms with Gasteiger partial charge in [0.2, 0.25) is 0 Å². The Morgan fingerprint density at radius 3 is 2.43 bits per heavy atom. The van der Waals surface area contributed by atoms with Crippen LogP contribution in [0.4, 0.5) is 0 Å². The minimum absolute atomic E-state index is 0.0435. The lowest BCUT2D eigenvalue weighted by Crippen LogP contribution is -2.30. The minimum Gasteiger partial charge on any atom is -0.507 e. The molecule has 1 aliphatic heterocycles. The molecule has 158 valence electrons. The molecule has 1 atom stereocenters. The summed E-state index contributed by atoms with van der Waals surface area (Å²) in [7, 11) is 1.46. The SMILES string of the molecule is CCCN1C(=O)C(=O)/C(=C(\O)c2ccc(Cl)c(OC)c2)C1c1ccc(OCC)cc1. The average Bonchev–Trinajstić information content (AvgIpc) is 2.99. The summed E-state index contributed by atoms with van der Waals surface area (Å²) in [6.07, 6.45) is 0.676. The van der Waals surface area contributed by atoms with Crippen molar-refractivity contribution in [3.63, 3.8) is 0 Å². The molecule has 1 unspecified atom stereocenters. The van der Waals surface area contributed by atoms with E-state index in [0.29, 0.717) is 47.2 Å². The lowest BCUT2D eigenvalue weighted by atomic mass is 9.95. The van der Waals surface area contributed by atoms with Crippen LogP contribution >= 0.6 is 11.6 Å². The van der Waals surface area contributed by atoms with Gasteiger partial charge in [-0.25, -0.2) is 0 Å². The number of carbonyl (C=O) groups excluding carboxylic acids is 2. The summed E-state index contributed by atoms with van der Waals surface area (Å²) in [4.78, 5) is 27.1. The van der Waals surface area contributed by atoms with E-state index in [2.05, 4.69) is 0 Å². The molecule has 1 amide bonds. The Labute approximate surface area is 180 Å². The fourth-order valence-corrected chi connectivity index (χ4v) is 3.77. The van der Waals surface area contributed by atoms with Crippen LogP contribution in [0.25, 0.3) is 5.76 Å². The maximum absolute atomic E-state index is 12.9. The zero-order valence-corrected chi connectivity index (χ0v) is 17.9. The van der Waals surface area contributed by atoms with Crippen molar-refractivity contribution < 1.29 is 24.2 Å². The van der Waals surface area contributed by atoms with Gasteiger partial charge in [0.15, 0.2) is 0 Å². The van der Waals surface area contributed by atoms with Crippen LogP contribution in [0.5, 0.6) is 11.5 Å². The Morgan fingerprint density at radius 2 is 1.83 bits per heavy atom. The molecule has 0 bridgehead atoms.